The Morgan fingerprint density at radius 2 is 1.83 bits per heavy atom. The first-order valence-electron chi connectivity index (χ1n) is 6.95. The summed E-state index contributed by atoms with van der Waals surface area (Å²) in [6.07, 6.45) is 0. The van der Waals surface area contributed by atoms with Crippen molar-refractivity contribution in [1.82, 2.24) is 4.90 Å². The van der Waals surface area contributed by atoms with E-state index in [1.54, 1.807) is 62.6 Å². The van der Waals surface area contributed by atoms with Gasteiger partial charge in [0.25, 0.3) is 11.8 Å². The lowest BCUT2D eigenvalue weighted by Crippen LogP contribution is -2.23. The van der Waals surface area contributed by atoms with Gasteiger partial charge < -0.3 is 15.0 Å². The molecule has 0 fully saturated rings. The van der Waals surface area contributed by atoms with E-state index in [1.165, 1.54) is 4.90 Å². The van der Waals surface area contributed by atoms with Gasteiger partial charge >= 0.3 is 0 Å². The Kier molecular flexibility index (Phi) is 5.60. The summed E-state index contributed by atoms with van der Waals surface area (Å²) in [5.41, 5.74) is 1.05. The minimum Gasteiger partial charge on any atom is -0.484 e. The molecule has 0 radical (unpaired) electrons. The van der Waals surface area contributed by atoms with Crippen molar-refractivity contribution in [3.8, 4) is 5.75 Å². The van der Waals surface area contributed by atoms with Gasteiger partial charge in [-0.25, -0.2) is 0 Å². The van der Waals surface area contributed by atoms with Crippen LogP contribution in [-0.2, 0) is 4.79 Å². The van der Waals surface area contributed by atoms with Crippen molar-refractivity contribution in [3.63, 3.8) is 0 Å². The Morgan fingerprint density at radius 1 is 1.13 bits per heavy atom. The van der Waals surface area contributed by atoms with Gasteiger partial charge in [-0.2, -0.15) is 0 Å². The highest BCUT2D eigenvalue weighted by Gasteiger charge is 2.10. The number of carbonyl (C=O) groups excluding carboxylic acids is 2. The number of halogens is 1. The minimum absolute atomic E-state index is 0.126. The molecule has 0 atom stereocenters. The second kappa shape index (κ2) is 7.65. The number of benzene rings is 2. The Morgan fingerprint density at radius 3 is 2.48 bits per heavy atom. The maximum atomic E-state index is 11.9. The van der Waals surface area contributed by atoms with E-state index in [1.807, 2.05) is 0 Å². The van der Waals surface area contributed by atoms with Crippen molar-refractivity contribution in [3.05, 3.63) is 59.1 Å². The molecule has 0 aromatic heterocycles. The van der Waals surface area contributed by atoms with Crippen LogP contribution in [0.3, 0.4) is 0 Å². The van der Waals surface area contributed by atoms with Crippen LogP contribution < -0.4 is 10.1 Å². The monoisotopic (exact) mass is 332 g/mol. The third-order valence-electron chi connectivity index (χ3n) is 2.98. The smallest absolute Gasteiger partial charge is 0.262 e. The van der Waals surface area contributed by atoms with Gasteiger partial charge in [0.1, 0.15) is 5.75 Å². The fourth-order valence-electron chi connectivity index (χ4n) is 1.86. The van der Waals surface area contributed by atoms with Crippen LogP contribution in [0.1, 0.15) is 10.4 Å². The van der Waals surface area contributed by atoms with Crippen LogP contribution in [0, 0.1) is 0 Å². The summed E-state index contributed by atoms with van der Waals surface area (Å²) >= 11 is 5.78. The summed E-state index contributed by atoms with van der Waals surface area (Å²) in [6, 6.07) is 13.5. The SMILES string of the molecule is CN(C)C(=O)c1cccc(NC(=O)COc2ccc(Cl)cc2)c1. The van der Waals surface area contributed by atoms with Crippen molar-refractivity contribution < 1.29 is 14.3 Å². The molecule has 0 bridgehead atoms. The Hall–Kier alpha value is -2.53. The average Bonchev–Trinajstić information content (AvgIpc) is 2.53. The van der Waals surface area contributed by atoms with E-state index in [0.29, 0.717) is 22.0 Å². The van der Waals surface area contributed by atoms with Gasteiger partial charge in [0.05, 0.1) is 0 Å². The molecule has 2 aromatic carbocycles. The molecule has 0 saturated carbocycles. The maximum Gasteiger partial charge on any atom is 0.262 e. The number of rotatable bonds is 5. The molecule has 0 spiro atoms. The molecule has 0 aliphatic heterocycles. The summed E-state index contributed by atoms with van der Waals surface area (Å²) in [4.78, 5) is 25.3. The Bertz CT molecular complexity index is 699. The number of carbonyl (C=O) groups is 2. The van der Waals surface area contributed by atoms with E-state index in [9.17, 15) is 9.59 Å². The molecule has 1 N–H and O–H groups in total. The molecular formula is C17H17ClN2O3. The number of ether oxygens (including phenoxy) is 1. The van der Waals surface area contributed by atoms with E-state index in [2.05, 4.69) is 5.32 Å². The Labute approximate surface area is 139 Å². The minimum atomic E-state index is -0.311. The first-order chi connectivity index (χ1) is 11.0. The van der Waals surface area contributed by atoms with Crippen LogP contribution in [0.25, 0.3) is 0 Å². The van der Waals surface area contributed by atoms with E-state index in [0.717, 1.165) is 0 Å². The van der Waals surface area contributed by atoms with E-state index < -0.39 is 0 Å². The zero-order valence-corrected chi connectivity index (χ0v) is 13.6. The maximum absolute atomic E-state index is 11.9. The molecule has 6 heteroatoms. The topological polar surface area (TPSA) is 58.6 Å². The third kappa shape index (κ3) is 5.00. The fraction of sp³-hybridized carbons (Fsp3) is 0.176. The lowest BCUT2D eigenvalue weighted by Gasteiger charge is -2.12. The second-order valence-electron chi connectivity index (χ2n) is 5.07. The molecule has 0 aliphatic carbocycles. The molecule has 0 heterocycles. The van der Waals surface area contributed by atoms with Crippen LogP contribution in [0.2, 0.25) is 5.02 Å². The number of nitrogens with one attached hydrogen (secondary N) is 1. The van der Waals surface area contributed by atoms with Crippen molar-refractivity contribution >= 4 is 29.1 Å². The zero-order valence-electron chi connectivity index (χ0n) is 12.9. The first-order valence-corrected chi connectivity index (χ1v) is 7.33. The number of hydrogen-bond acceptors (Lipinski definition) is 3. The molecule has 2 rings (SSSR count). The van der Waals surface area contributed by atoms with Crippen LogP contribution in [0.4, 0.5) is 5.69 Å². The quantitative estimate of drug-likeness (QED) is 0.915. The highest BCUT2D eigenvalue weighted by molar-refractivity contribution is 6.30. The lowest BCUT2D eigenvalue weighted by molar-refractivity contribution is -0.118. The van der Waals surface area contributed by atoms with Crippen molar-refractivity contribution in [2.75, 3.05) is 26.0 Å². The van der Waals surface area contributed by atoms with Crippen LogP contribution in [0.15, 0.2) is 48.5 Å². The molecule has 2 amide bonds. The summed E-state index contributed by atoms with van der Waals surface area (Å²) in [5.74, 6) is 0.119. The molecular weight excluding hydrogens is 316 g/mol. The number of anilines is 1. The largest absolute Gasteiger partial charge is 0.484 e. The first kappa shape index (κ1) is 16.8. The highest BCUT2D eigenvalue weighted by atomic mass is 35.5. The van der Waals surface area contributed by atoms with Gasteiger partial charge in [-0.15, -0.1) is 0 Å². The number of amides is 2. The third-order valence-corrected chi connectivity index (χ3v) is 3.24. The molecule has 23 heavy (non-hydrogen) atoms. The molecule has 0 saturated heterocycles. The standard InChI is InChI=1S/C17H17ClN2O3/c1-20(2)17(22)12-4-3-5-14(10-12)19-16(21)11-23-15-8-6-13(18)7-9-15/h3-10H,11H2,1-2H3,(H,19,21). The molecule has 5 nitrogen and oxygen atoms in total. The second-order valence-corrected chi connectivity index (χ2v) is 5.51. The summed E-state index contributed by atoms with van der Waals surface area (Å²) < 4.78 is 5.37. The molecule has 120 valence electrons. The number of nitrogens with zero attached hydrogens (tertiary/aromatic N) is 1. The van der Waals surface area contributed by atoms with Crippen LogP contribution in [0.5, 0.6) is 5.75 Å². The Balaban J connectivity index is 1.93. The summed E-state index contributed by atoms with van der Waals surface area (Å²) in [6.45, 7) is -0.131. The average molecular weight is 333 g/mol. The normalized spacial score (nSPS) is 10.0. The fourth-order valence-corrected chi connectivity index (χ4v) is 1.99. The summed E-state index contributed by atoms with van der Waals surface area (Å²) in [5, 5.41) is 3.30. The van der Waals surface area contributed by atoms with Gasteiger partial charge in [0.2, 0.25) is 0 Å². The predicted molar refractivity (Wildman–Crippen MR) is 90.0 cm³/mol. The van der Waals surface area contributed by atoms with Gasteiger partial charge in [-0.3, -0.25) is 9.59 Å². The lowest BCUT2D eigenvalue weighted by atomic mass is 10.2. The van der Waals surface area contributed by atoms with Gasteiger partial charge in [0, 0.05) is 30.4 Å². The highest BCUT2D eigenvalue weighted by Crippen LogP contribution is 2.16. The summed E-state index contributed by atoms with van der Waals surface area (Å²) in [7, 11) is 3.35. The van der Waals surface area contributed by atoms with E-state index in [-0.39, 0.29) is 18.4 Å². The van der Waals surface area contributed by atoms with E-state index >= 15 is 0 Å². The number of hydrogen-bond donors (Lipinski definition) is 1. The van der Waals surface area contributed by atoms with Crippen LogP contribution >= 0.6 is 11.6 Å². The van der Waals surface area contributed by atoms with Gasteiger partial charge in [0.15, 0.2) is 6.61 Å². The van der Waals surface area contributed by atoms with Crippen molar-refractivity contribution in [1.29, 1.82) is 0 Å². The molecule has 2 aromatic rings. The molecule has 0 aliphatic rings. The van der Waals surface area contributed by atoms with Crippen LogP contribution in [-0.4, -0.2) is 37.4 Å². The van der Waals surface area contributed by atoms with Crippen molar-refractivity contribution in [2.45, 2.75) is 0 Å². The van der Waals surface area contributed by atoms with Crippen molar-refractivity contribution in [2.24, 2.45) is 0 Å². The van der Waals surface area contributed by atoms with Gasteiger partial charge in [-0.1, -0.05) is 17.7 Å². The van der Waals surface area contributed by atoms with E-state index in [4.69, 9.17) is 16.3 Å². The predicted octanol–water partition coefficient (Wildman–Crippen LogP) is 3.06. The van der Waals surface area contributed by atoms with Gasteiger partial charge in [-0.05, 0) is 42.5 Å². The zero-order chi connectivity index (χ0) is 16.8. The molecule has 0 unspecified atom stereocenters.